The fourth-order valence-electron chi connectivity index (χ4n) is 3.11. The van der Waals surface area contributed by atoms with Gasteiger partial charge in [0.25, 0.3) is 0 Å². The number of ether oxygens (including phenoxy) is 1. The van der Waals surface area contributed by atoms with Gasteiger partial charge in [-0.05, 0) is 36.6 Å². The molecule has 4 rings (SSSR count). The molecular weight excluding hydrogens is 430 g/mol. The number of aromatic nitrogens is 3. The summed E-state index contributed by atoms with van der Waals surface area (Å²) in [4.78, 5) is 41.2. The Morgan fingerprint density at radius 1 is 1.16 bits per heavy atom. The number of hydrogen-bond donors (Lipinski definition) is 2. The second-order valence-corrected chi connectivity index (χ2v) is 7.57. The number of nitrogens with zero attached hydrogens (tertiary/aromatic N) is 3. The Balaban J connectivity index is 1.57. The van der Waals surface area contributed by atoms with E-state index >= 15 is 0 Å². The zero-order chi connectivity index (χ0) is 22.5. The molecule has 0 spiro atoms. The SMILES string of the molecule is CCOC(=O)CNC(=O)Nc1cccc(-c2ccnc3c(C(=O)c4cccs4)cnn23)c1. The van der Waals surface area contributed by atoms with E-state index in [9.17, 15) is 14.4 Å². The molecule has 0 radical (unpaired) electrons. The molecule has 1 aromatic carbocycles. The summed E-state index contributed by atoms with van der Waals surface area (Å²) >= 11 is 1.36. The molecule has 0 saturated carbocycles. The number of carbonyl (C=O) groups is 3. The van der Waals surface area contributed by atoms with Gasteiger partial charge in [0.1, 0.15) is 6.54 Å². The number of carbonyl (C=O) groups excluding carboxylic acids is 3. The van der Waals surface area contributed by atoms with Crippen LogP contribution in [0.3, 0.4) is 0 Å². The lowest BCUT2D eigenvalue weighted by Gasteiger charge is -2.10. The van der Waals surface area contributed by atoms with Crippen molar-refractivity contribution in [3.63, 3.8) is 0 Å². The zero-order valence-electron chi connectivity index (χ0n) is 17.1. The van der Waals surface area contributed by atoms with Gasteiger partial charge >= 0.3 is 12.0 Å². The van der Waals surface area contributed by atoms with Gasteiger partial charge in [-0.1, -0.05) is 18.2 Å². The zero-order valence-corrected chi connectivity index (χ0v) is 17.9. The number of anilines is 1. The summed E-state index contributed by atoms with van der Waals surface area (Å²) in [6.07, 6.45) is 3.13. The average Bonchev–Trinajstić information content (AvgIpc) is 3.48. The molecule has 162 valence electrons. The molecule has 0 aliphatic carbocycles. The number of fused-ring (bicyclic) bond motifs is 1. The topological polar surface area (TPSA) is 115 Å². The smallest absolute Gasteiger partial charge is 0.325 e. The van der Waals surface area contributed by atoms with Crippen LogP contribution in [0.5, 0.6) is 0 Å². The molecule has 10 heteroatoms. The molecule has 9 nitrogen and oxygen atoms in total. The number of benzene rings is 1. The Bertz CT molecular complexity index is 1280. The first-order valence-electron chi connectivity index (χ1n) is 9.78. The van der Waals surface area contributed by atoms with Crippen molar-refractivity contribution in [1.29, 1.82) is 0 Å². The van der Waals surface area contributed by atoms with E-state index in [4.69, 9.17) is 4.74 Å². The van der Waals surface area contributed by atoms with Crippen LogP contribution in [0.1, 0.15) is 22.2 Å². The molecule has 32 heavy (non-hydrogen) atoms. The first-order valence-corrected chi connectivity index (χ1v) is 10.7. The van der Waals surface area contributed by atoms with Crippen molar-refractivity contribution in [3.8, 4) is 11.3 Å². The Kier molecular flexibility index (Phi) is 6.22. The molecule has 0 bridgehead atoms. The van der Waals surface area contributed by atoms with E-state index in [0.717, 1.165) is 5.56 Å². The van der Waals surface area contributed by atoms with Crippen LogP contribution in [0.2, 0.25) is 0 Å². The van der Waals surface area contributed by atoms with Gasteiger partial charge in [0.05, 0.1) is 28.9 Å². The van der Waals surface area contributed by atoms with E-state index in [-0.39, 0.29) is 18.9 Å². The number of thiophene rings is 1. The van der Waals surface area contributed by atoms with E-state index in [1.807, 2.05) is 17.5 Å². The van der Waals surface area contributed by atoms with Crippen LogP contribution < -0.4 is 10.6 Å². The molecular formula is C22H19N5O4S. The maximum Gasteiger partial charge on any atom is 0.325 e. The van der Waals surface area contributed by atoms with Gasteiger partial charge in [-0.25, -0.2) is 14.3 Å². The van der Waals surface area contributed by atoms with E-state index in [1.165, 1.54) is 17.5 Å². The molecule has 4 aromatic rings. The predicted molar refractivity (Wildman–Crippen MR) is 120 cm³/mol. The summed E-state index contributed by atoms with van der Waals surface area (Å²) in [6.45, 7) is 1.72. The van der Waals surface area contributed by atoms with Crippen molar-refractivity contribution in [2.75, 3.05) is 18.5 Å². The number of esters is 1. The van der Waals surface area contributed by atoms with E-state index in [2.05, 4.69) is 20.7 Å². The molecule has 0 saturated heterocycles. The average molecular weight is 449 g/mol. The summed E-state index contributed by atoms with van der Waals surface area (Å²) in [5.41, 5.74) is 2.86. The van der Waals surface area contributed by atoms with Crippen molar-refractivity contribution in [2.45, 2.75) is 6.92 Å². The lowest BCUT2D eigenvalue weighted by atomic mass is 10.1. The van der Waals surface area contributed by atoms with Crippen LogP contribution in [0.4, 0.5) is 10.5 Å². The van der Waals surface area contributed by atoms with Gasteiger partial charge < -0.3 is 15.4 Å². The van der Waals surface area contributed by atoms with Crippen LogP contribution in [0.25, 0.3) is 16.9 Å². The summed E-state index contributed by atoms with van der Waals surface area (Å²) in [5, 5.41) is 11.3. The second-order valence-electron chi connectivity index (χ2n) is 6.62. The maximum absolute atomic E-state index is 12.8. The molecule has 3 heterocycles. The number of urea groups is 1. The summed E-state index contributed by atoms with van der Waals surface area (Å²) in [5.74, 6) is -0.643. The van der Waals surface area contributed by atoms with Gasteiger partial charge in [0, 0.05) is 17.4 Å². The predicted octanol–water partition coefficient (Wildman–Crippen LogP) is 3.37. The Hall–Kier alpha value is -4.05. The molecule has 2 N–H and O–H groups in total. The largest absolute Gasteiger partial charge is 0.465 e. The number of ketones is 1. The van der Waals surface area contributed by atoms with Gasteiger partial charge in [0.15, 0.2) is 5.65 Å². The third-order valence-corrected chi connectivity index (χ3v) is 5.37. The van der Waals surface area contributed by atoms with Crippen molar-refractivity contribution in [2.24, 2.45) is 0 Å². The van der Waals surface area contributed by atoms with Crippen LogP contribution in [0.15, 0.2) is 60.2 Å². The number of hydrogen-bond acceptors (Lipinski definition) is 7. The monoisotopic (exact) mass is 449 g/mol. The third kappa shape index (κ3) is 4.49. The fraction of sp³-hybridized carbons (Fsp3) is 0.136. The molecule has 0 fully saturated rings. The molecule has 0 unspecified atom stereocenters. The molecule has 0 atom stereocenters. The fourth-order valence-corrected chi connectivity index (χ4v) is 3.78. The van der Waals surface area contributed by atoms with E-state index in [1.54, 1.807) is 48.0 Å². The number of amides is 2. The van der Waals surface area contributed by atoms with Gasteiger partial charge in [-0.15, -0.1) is 11.3 Å². The van der Waals surface area contributed by atoms with E-state index < -0.39 is 12.0 Å². The first kappa shape index (κ1) is 21.2. The highest BCUT2D eigenvalue weighted by atomic mass is 32.1. The highest BCUT2D eigenvalue weighted by Gasteiger charge is 2.18. The van der Waals surface area contributed by atoms with Crippen LogP contribution in [-0.2, 0) is 9.53 Å². The summed E-state index contributed by atoms with van der Waals surface area (Å²) in [7, 11) is 0. The van der Waals surface area contributed by atoms with Crippen LogP contribution in [0, 0.1) is 0 Å². The molecule has 2 amide bonds. The second kappa shape index (κ2) is 9.40. The minimum atomic E-state index is -0.530. The van der Waals surface area contributed by atoms with Crippen molar-refractivity contribution in [1.82, 2.24) is 19.9 Å². The van der Waals surface area contributed by atoms with Crippen molar-refractivity contribution >= 4 is 40.5 Å². The Morgan fingerprint density at radius 2 is 2.03 bits per heavy atom. The third-order valence-electron chi connectivity index (χ3n) is 4.51. The van der Waals surface area contributed by atoms with E-state index in [0.29, 0.717) is 27.5 Å². The Morgan fingerprint density at radius 3 is 2.81 bits per heavy atom. The van der Waals surface area contributed by atoms with Gasteiger partial charge in [0.2, 0.25) is 5.78 Å². The standard InChI is InChI=1S/C22H19N5O4S/c1-2-31-19(28)13-24-22(30)26-15-6-3-5-14(11-15)17-8-9-23-21-16(12-25-27(17)21)20(29)18-7-4-10-32-18/h3-12H,2,13H2,1H3,(H2,24,26,30). The first-order chi connectivity index (χ1) is 15.6. The molecule has 0 aliphatic rings. The van der Waals surface area contributed by atoms with Gasteiger partial charge in [-0.3, -0.25) is 9.59 Å². The molecule has 3 aromatic heterocycles. The Labute approximate surface area is 187 Å². The lowest BCUT2D eigenvalue weighted by Crippen LogP contribution is -2.34. The normalized spacial score (nSPS) is 10.7. The minimum absolute atomic E-state index is 0.131. The van der Waals surface area contributed by atoms with Crippen LogP contribution in [-0.4, -0.2) is 45.5 Å². The summed E-state index contributed by atoms with van der Waals surface area (Å²) in [6, 6.07) is 12.0. The quantitative estimate of drug-likeness (QED) is 0.330. The van der Waals surface area contributed by atoms with Gasteiger partial charge in [-0.2, -0.15) is 5.10 Å². The lowest BCUT2D eigenvalue weighted by molar-refractivity contribution is -0.141. The minimum Gasteiger partial charge on any atom is -0.465 e. The maximum atomic E-state index is 12.8. The highest BCUT2D eigenvalue weighted by molar-refractivity contribution is 7.12. The van der Waals surface area contributed by atoms with Crippen molar-refractivity contribution < 1.29 is 19.1 Å². The van der Waals surface area contributed by atoms with Crippen LogP contribution >= 0.6 is 11.3 Å². The summed E-state index contributed by atoms with van der Waals surface area (Å²) < 4.78 is 6.38. The number of nitrogens with one attached hydrogen (secondary N) is 2. The highest BCUT2D eigenvalue weighted by Crippen LogP contribution is 2.25. The van der Waals surface area contributed by atoms with Crippen molar-refractivity contribution in [3.05, 3.63) is 70.7 Å². The number of rotatable bonds is 7. The molecule has 0 aliphatic heterocycles.